The Labute approximate surface area is 228 Å². The average molecular weight is 539 g/mol. The summed E-state index contributed by atoms with van der Waals surface area (Å²) in [4.78, 5) is 60.8. The molecule has 11 nitrogen and oxygen atoms in total. The van der Waals surface area contributed by atoms with E-state index in [4.69, 9.17) is 4.74 Å². The fourth-order valence-corrected chi connectivity index (χ4v) is 4.29. The molecule has 1 aliphatic heterocycles. The molecule has 1 aromatic carbocycles. The first-order valence-corrected chi connectivity index (χ1v) is 13.3. The molecule has 11 heteroatoms. The van der Waals surface area contributed by atoms with Crippen molar-refractivity contribution >= 4 is 23.6 Å². The molecule has 0 unspecified atom stereocenters. The first-order valence-electron chi connectivity index (χ1n) is 13.3. The number of nitrogens with zero attached hydrogens (tertiary/aromatic N) is 2. The van der Waals surface area contributed by atoms with Crippen LogP contribution in [0.25, 0.3) is 0 Å². The lowest BCUT2D eigenvalue weighted by Crippen LogP contribution is -2.55. The van der Waals surface area contributed by atoms with Crippen molar-refractivity contribution in [2.45, 2.75) is 65.1 Å². The van der Waals surface area contributed by atoms with Crippen LogP contribution in [0, 0.1) is 11.8 Å². The molecular formula is C28H38N6O5. The molecular weight excluding hydrogens is 500 g/mol. The molecule has 0 fully saturated rings. The Morgan fingerprint density at radius 3 is 2.54 bits per heavy atom. The Morgan fingerprint density at radius 1 is 1.08 bits per heavy atom. The van der Waals surface area contributed by atoms with Crippen molar-refractivity contribution in [2.24, 2.45) is 11.8 Å². The largest absolute Gasteiger partial charge is 0.491 e. The van der Waals surface area contributed by atoms with E-state index in [-0.39, 0.29) is 48.9 Å². The monoisotopic (exact) mass is 538 g/mol. The number of nitrogens with one attached hydrogen (secondary N) is 4. The SMILES string of the molecule is CC(C)C[C@@H]1COc2ccccc2C(=O)N[C@H](C(=O)NCCc2cnccn2)CC(=O)N[C@H](C(C)C)C(=O)N1. The maximum Gasteiger partial charge on any atom is 0.255 e. The number of fused-ring (bicyclic) bond motifs is 1. The highest BCUT2D eigenvalue weighted by atomic mass is 16.5. The number of benzene rings is 1. The minimum atomic E-state index is -1.18. The Balaban J connectivity index is 1.85. The zero-order valence-electron chi connectivity index (χ0n) is 22.9. The van der Waals surface area contributed by atoms with Crippen LogP contribution >= 0.6 is 0 Å². The third-order valence-corrected chi connectivity index (χ3v) is 6.25. The maximum absolute atomic E-state index is 13.3. The number of aromatic nitrogens is 2. The first kappa shape index (κ1) is 29.5. The molecule has 1 aromatic heterocycles. The van der Waals surface area contributed by atoms with Crippen LogP contribution in [0.2, 0.25) is 0 Å². The molecule has 4 amide bonds. The molecule has 3 rings (SSSR count). The van der Waals surface area contributed by atoms with Crippen molar-refractivity contribution in [1.82, 2.24) is 31.2 Å². The van der Waals surface area contributed by atoms with E-state index in [2.05, 4.69) is 31.2 Å². The highest BCUT2D eigenvalue weighted by molar-refractivity contribution is 6.01. The van der Waals surface area contributed by atoms with Crippen LogP contribution in [-0.4, -0.2) is 64.9 Å². The van der Waals surface area contributed by atoms with Crippen LogP contribution < -0.4 is 26.0 Å². The van der Waals surface area contributed by atoms with Gasteiger partial charge in [-0.05, 0) is 30.4 Å². The van der Waals surface area contributed by atoms with Gasteiger partial charge in [-0.1, -0.05) is 39.8 Å². The number of hydrogen-bond acceptors (Lipinski definition) is 7. The lowest BCUT2D eigenvalue weighted by atomic mass is 10.00. The van der Waals surface area contributed by atoms with Crippen LogP contribution in [0.3, 0.4) is 0 Å². The van der Waals surface area contributed by atoms with Gasteiger partial charge in [0.05, 0.1) is 23.7 Å². The van der Waals surface area contributed by atoms with Gasteiger partial charge in [0.25, 0.3) is 5.91 Å². The highest BCUT2D eigenvalue weighted by Crippen LogP contribution is 2.20. The topological polar surface area (TPSA) is 151 Å². The number of para-hydroxylation sites is 1. The van der Waals surface area contributed by atoms with Gasteiger partial charge in [0.1, 0.15) is 24.4 Å². The summed E-state index contributed by atoms with van der Waals surface area (Å²) in [5.74, 6) is -1.55. The summed E-state index contributed by atoms with van der Waals surface area (Å²) >= 11 is 0. The second kappa shape index (κ2) is 14.2. The predicted molar refractivity (Wildman–Crippen MR) is 145 cm³/mol. The number of amides is 4. The summed E-state index contributed by atoms with van der Waals surface area (Å²) in [6.45, 7) is 8.11. The number of hydrogen-bond donors (Lipinski definition) is 4. The second-order valence-corrected chi connectivity index (χ2v) is 10.4. The van der Waals surface area contributed by atoms with E-state index < -0.39 is 29.8 Å². The molecule has 39 heavy (non-hydrogen) atoms. The van der Waals surface area contributed by atoms with Crippen molar-refractivity contribution in [2.75, 3.05) is 13.2 Å². The molecule has 2 aromatic rings. The molecule has 0 saturated heterocycles. The molecule has 0 saturated carbocycles. The third-order valence-electron chi connectivity index (χ3n) is 6.25. The van der Waals surface area contributed by atoms with Crippen molar-refractivity contribution in [3.8, 4) is 5.75 Å². The summed E-state index contributed by atoms with van der Waals surface area (Å²) in [6, 6.07) is 4.35. The fourth-order valence-electron chi connectivity index (χ4n) is 4.29. The van der Waals surface area contributed by atoms with Gasteiger partial charge in [0.2, 0.25) is 17.7 Å². The van der Waals surface area contributed by atoms with Crippen molar-refractivity contribution in [3.63, 3.8) is 0 Å². The van der Waals surface area contributed by atoms with Crippen molar-refractivity contribution in [1.29, 1.82) is 0 Å². The molecule has 2 heterocycles. The van der Waals surface area contributed by atoms with E-state index in [1.807, 2.05) is 27.7 Å². The highest BCUT2D eigenvalue weighted by Gasteiger charge is 2.31. The Hall–Kier alpha value is -4.02. The van der Waals surface area contributed by atoms with Crippen LogP contribution in [0.1, 0.15) is 56.6 Å². The lowest BCUT2D eigenvalue weighted by Gasteiger charge is -2.28. The summed E-state index contributed by atoms with van der Waals surface area (Å²) in [5, 5.41) is 11.2. The molecule has 0 spiro atoms. The molecule has 4 N–H and O–H groups in total. The minimum Gasteiger partial charge on any atom is -0.491 e. The standard InChI is InChI=1S/C28H38N6O5/c1-17(2)13-20-16-39-23-8-6-5-7-21(23)26(36)33-22(14-24(35)34-25(18(3)4)28(38)32-20)27(37)31-10-9-19-15-29-11-12-30-19/h5-8,11-12,15,17-18,20,22,25H,9-10,13-14,16H2,1-4H3,(H,31,37)(H,32,38)(H,33,36)(H,34,35)/t20-,22+,25-/m1/s1. The van der Waals surface area contributed by atoms with Gasteiger partial charge in [0, 0.05) is 31.6 Å². The normalized spacial score (nSPS) is 20.7. The minimum absolute atomic E-state index is 0.138. The molecule has 3 atom stereocenters. The smallest absolute Gasteiger partial charge is 0.255 e. The van der Waals surface area contributed by atoms with Crippen LogP contribution in [-0.2, 0) is 20.8 Å². The van der Waals surface area contributed by atoms with E-state index >= 15 is 0 Å². The quantitative estimate of drug-likeness (QED) is 0.416. The zero-order chi connectivity index (χ0) is 28.4. The number of rotatable bonds is 7. The average Bonchev–Trinajstić information content (AvgIpc) is 2.89. The van der Waals surface area contributed by atoms with E-state index in [0.717, 1.165) is 0 Å². The van der Waals surface area contributed by atoms with Gasteiger partial charge in [-0.25, -0.2) is 0 Å². The molecule has 1 aliphatic rings. The fraction of sp³-hybridized carbons (Fsp3) is 0.500. The molecule has 0 aliphatic carbocycles. The third kappa shape index (κ3) is 9.05. The maximum atomic E-state index is 13.3. The Bertz CT molecular complexity index is 1140. The van der Waals surface area contributed by atoms with Gasteiger partial charge in [-0.2, -0.15) is 0 Å². The lowest BCUT2D eigenvalue weighted by molar-refractivity contribution is -0.132. The Morgan fingerprint density at radius 2 is 1.85 bits per heavy atom. The number of carbonyl (C=O) groups excluding carboxylic acids is 4. The number of carbonyl (C=O) groups is 4. The van der Waals surface area contributed by atoms with Crippen molar-refractivity contribution in [3.05, 3.63) is 54.1 Å². The second-order valence-electron chi connectivity index (χ2n) is 10.4. The van der Waals surface area contributed by atoms with Crippen LogP contribution in [0.15, 0.2) is 42.9 Å². The Kier molecular flexibility index (Phi) is 10.8. The van der Waals surface area contributed by atoms with E-state index in [9.17, 15) is 19.2 Å². The van der Waals surface area contributed by atoms with Gasteiger partial charge in [0.15, 0.2) is 0 Å². The summed E-state index contributed by atoms with van der Waals surface area (Å²) in [7, 11) is 0. The first-order chi connectivity index (χ1) is 18.6. The summed E-state index contributed by atoms with van der Waals surface area (Å²) in [6.07, 6.45) is 5.44. The van der Waals surface area contributed by atoms with Crippen LogP contribution in [0.4, 0.5) is 0 Å². The van der Waals surface area contributed by atoms with Crippen LogP contribution in [0.5, 0.6) is 5.75 Å². The van der Waals surface area contributed by atoms with Gasteiger partial charge < -0.3 is 26.0 Å². The van der Waals surface area contributed by atoms with Crippen molar-refractivity contribution < 1.29 is 23.9 Å². The van der Waals surface area contributed by atoms with E-state index in [1.54, 1.807) is 42.9 Å². The molecule has 210 valence electrons. The van der Waals surface area contributed by atoms with E-state index in [1.165, 1.54) is 0 Å². The summed E-state index contributed by atoms with van der Waals surface area (Å²) in [5.41, 5.74) is 0.917. The zero-order valence-corrected chi connectivity index (χ0v) is 22.9. The van der Waals surface area contributed by atoms with Gasteiger partial charge in [-0.15, -0.1) is 0 Å². The van der Waals surface area contributed by atoms with Gasteiger partial charge in [-0.3, -0.25) is 29.1 Å². The molecule has 0 bridgehead atoms. The molecule has 0 radical (unpaired) electrons. The number of ether oxygens (including phenoxy) is 1. The predicted octanol–water partition coefficient (Wildman–Crippen LogP) is 1.39. The summed E-state index contributed by atoms with van der Waals surface area (Å²) < 4.78 is 6.01. The van der Waals surface area contributed by atoms with Gasteiger partial charge >= 0.3 is 0 Å². The van der Waals surface area contributed by atoms with E-state index in [0.29, 0.717) is 24.3 Å².